The van der Waals surface area contributed by atoms with Gasteiger partial charge in [-0.25, -0.2) is 9.48 Å². The van der Waals surface area contributed by atoms with Crippen molar-refractivity contribution in [3.8, 4) is 5.69 Å². The van der Waals surface area contributed by atoms with E-state index in [9.17, 15) is 4.79 Å². The van der Waals surface area contributed by atoms with E-state index in [1.165, 1.54) is 6.20 Å². The van der Waals surface area contributed by atoms with Crippen LogP contribution in [0.25, 0.3) is 5.69 Å². The molecule has 0 radical (unpaired) electrons. The van der Waals surface area contributed by atoms with Crippen molar-refractivity contribution in [3.05, 3.63) is 82.6 Å². The molecule has 23 heavy (non-hydrogen) atoms. The minimum absolute atomic E-state index is 0.233. The first-order chi connectivity index (χ1) is 11.2. The fourth-order valence-electron chi connectivity index (χ4n) is 2.28. The van der Waals surface area contributed by atoms with Crippen LogP contribution in [0.5, 0.6) is 0 Å². The van der Waals surface area contributed by atoms with Crippen molar-refractivity contribution < 1.29 is 9.53 Å². The summed E-state index contributed by atoms with van der Waals surface area (Å²) in [5, 5.41) is 4.83. The summed E-state index contributed by atoms with van der Waals surface area (Å²) in [6.45, 7) is 2.05. The fourth-order valence-corrected chi connectivity index (χ4v) is 2.49. The van der Waals surface area contributed by atoms with Gasteiger partial charge in [-0.3, -0.25) is 0 Å². The number of benzene rings is 2. The van der Waals surface area contributed by atoms with E-state index in [1.54, 1.807) is 10.7 Å². The second kappa shape index (κ2) is 6.67. The van der Waals surface area contributed by atoms with E-state index in [-0.39, 0.29) is 6.61 Å². The third-order valence-corrected chi connectivity index (χ3v) is 3.84. The summed E-state index contributed by atoms with van der Waals surface area (Å²) in [5.74, 6) is -0.398. The minimum atomic E-state index is -0.398. The van der Waals surface area contributed by atoms with Gasteiger partial charge >= 0.3 is 5.97 Å². The Labute approximate surface area is 139 Å². The Bertz CT molecular complexity index is 828. The summed E-state index contributed by atoms with van der Waals surface area (Å²) >= 11 is 6.18. The SMILES string of the molecule is Cc1c(C(=O)OCc2ccccc2)cnn1-c1ccccc1Cl. The molecule has 1 aromatic heterocycles. The van der Waals surface area contributed by atoms with E-state index in [0.717, 1.165) is 11.3 Å². The molecule has 5 heteroatoms. The van der Waals surface area contributed by atoms with Gasteiger partial charge < -0.3 is 4.74 Å². The standard InChI is InChI=1S/C18H15ClN2O2/c1-13-15(18(22)23-12-14-7-3-2-4-8-14)11-20-21(13)17-10-6-5-9-16(17)19/h2-11H,12H2,1H3. The summed E-state index contributed by atoms with van der Waals surface area (Å²) < 4.78 is 6.99. The van der Waals surface area contributed by atoms with Crippen molar-refractivity contribution in [2.24, 2.45) is 0 Å². The maximum atomic E-state index is 12.3. The largest absolute Gasteiger partial charge is 0.457 e. The molecule has 3 rings (SSSR count). The zero-order chi connectivity index (χ0) is 16.2. The van der Waals surface area contributed by atoms with E-state index in [1.807, 2.05) is 55.5 Å². The Kier molecular flexibility index (Phi) is 4.44. The number of hydrogen-bond donors (Lipinski definition) is 0. The summed E-state index contributed by atoms with van der Waals surface area (Å²) in [5.41, 5.74) is 2.79. The molecular formula is C18H15ClN2O2. The lowest BCUT2D eigenvalue weighted by molar-refractivity contribution is 0.0472. The smallest absolute Gasteiger partial charge is 0.341 e. The van der Waals surface area contributed by atoms with Crippen LogP contribution in [-0.4, -0.2) is 15.7 Å². The molecular weight excluding hydrogens is 312 g/mol. The highest BCUT2D eigenvalue weighted by Gasteiger charge is 2.17. The lowest BCUT2D eigenvalue weighted by Gasteiger charge is -2.07. The van der Waals surface area contributed by atoms with E-state index >= 15 is 0 Å². The quantitative estimate of drug-likeness (QED) is 0.675. The van der Waals surface area contributed by atoms with Crippen LogP contribution in [0, 0.1) is 6.92 Å². The topological polar surface area (TPSA) is 44.1 Å². The Morgan fingerprint density at radius 1 is 1.13 bits per heavy atom. The second-order valence-electron chi connectivity index (χ2n) is 5.07. The Hall–Kier alpha value is -2.59. The molecule has 4 nitrogen and oxygen atoms in total. The summed E-state index contributed by atoms with van der Waals surface area (Å²) in [7, 11) is 0. The zero-order valence-electron chi connectivity index (χ0n) is 12.6. The molecule has 0 N–H and O–H groups in total. The molecule has 116 valence electrons. The Morgan fingerprint density at radius 2 is 1.83 bits per heavy atom. The van der Waals surface area contributed by atoms with Crippen molar-refractivity contribution >= 4 is 17.6 Å². The third kappa shape index (κ3) is 3.27. The monoisotopic (exact) mass is 326 g/mol. The number of para-hydroxylation sites is 1. The molecule has 0 aliphatic heterocycles. The van der Waals surface area contributed by atoms with Gasteiger partial charge in [0, 0.05) is 0 Å². The van der Waals surface area contributed by atoms with Gasteiger partial charge in [0.1, 0.15) is 12.2 Å². The molecule has 0 bridgehead atoms. The first-order valence-electron chi connectivity index (χ1n) is 7.17. The molecule has 0 saturated carbocycles. The van der Waals surface area contributed by atoms with E-state index < -0.39 is 5.97 Å². The molecule has 0 fully saturated rings. The Morgan fingerprint density at radius 3 is 2.57 bits per heavy atom. The minimum Gasteiger partial charge on any atom is -0.457 e. The summed E-state index contributed by atoms with van der Waals surface area (Å²) in [4.78, 5) is 12.3. The number of carbonyl (C=O) groups is 1. The highest BCUT2D eigenvalue weighted by Crippen LogP contribution is 2.22. The number of carbonyl (C=O) groups excluding carboxylic acids is 1. The lowest BCUT2D eigenvalue weighted by atomic mass is 10.2. The van der Waals surface area contributed by atoms with E-state index in [4.69, 9.17) is 16.3 Å². The van der Waals surface area contributed by atoms with Gasteiger partial charge in [0.2, 0.25) is 0 Å². The van der Waals surface area contributed by atoms with Crippen LogP contribution < -0.4 is 0 Å². The van der Waals surface area contributed by atoms with Crippen LogP contribution in [-0.2, 0) is 11.3 Å². The lowest BCUT2D eigenvalue weighted by Crippen LogP contribution is -2.07. The van der Waals surface area contributed by atoms with Gasteiger partial charge in [-0.1, -0.05) is 54.1 Å². The van der Waals surface area contributed by atoms with Gasteiger partial charge in [0.25, 0.3) is 0 Å². The van der Waals surface area contributed by atoms with Crippen LogP contribution in [0.4, 0.5) is 0 Å². The number of nitrogens with zero attached hydrogens (tertiary/aromatic N) is 2. The number of ether oxygens (including phenoxy) is 1. The van der Waals surface area contributed by atoms with Crippen LogP contribution in [0.3, 0.4) is 0 Å². The maximum Gasteiger partial charge on any atom is 0.341 e. The van der Waals surface area contributed by atoms with Crippen LogP contribution in [0.1, 0.15) is 21.6 Å². The number of esters is 1. The van der Waals surface area contributed by atoms with E-state index in [0.29, 0.717) is 16.3 Å². The van der Waals surface area contributed by atoms with Crippen LogP contribution >= 0.6 is 11.6 Å². The highest BCUT2D eigenvalue weighted by molar-refractivity contribution is 6.32. The molecule has 0 amide bonds. The third-order valence-electron chi connectivity index (χ3n) is 3.52. The molecule has 0 atom stereocenters. The van der Waals surface area contributed by atoms with Crippen molar-refractivity contribution in [1.82, 2.24) is 9.78 Å². The number of halogens is 1. The van der Waals surface area contributed by atoms with Crippen molar-refractivity contribution in [1.29, 1.82) is 0 Å². The summed E-state index contributed by atoms with van der Waals surface area (Å²) in [6, 6.07) is 16.9. The fraction of sp³-hybridized carbons (Fsp3) is 0.111. The predicted octanol–water partition coefficient (Wildman–Crippen LogP) is 4.19. The molecule has 3 aromatic rings. The molecule has 1 heterocycles. The van der Waals surface area contributed by atoms with Crippen LogP contribution in [0.15, 0.2) is 60.8 Å². The van der Waals surface area contributed by atoms with Gasteiger partial charge in [-0.15, -0.1) is 0 Å². The predicted molar refractivity (Wildman–Crippen MR) is 88.9 cm³/mol. The number of aromatic nitrogens is 2. The van der Waals surface area contributed by atoms with E-state index in [2.05, 4.69) is 5.10 Å². The highest BCUT2D eigenvalue weighted by atomic mass is 35.5. The van der Waals surface area contributed by atoms with Gasteiger partial charge in [-0.2, -0.15) is 5.10 Å². The van der Waals surface area contributed by atoms with Gasteiger partial charge in [-0.05, 0) is 24.6 Å². The molecule has 0 unspecified atom stereocenters. The first-order valence-corrected chi connectivity index (χ1v) is 7.55. The zero-order valence-corrected chi connectivity index (χ0v) is 13.3. The average molecular weight is 327 g/mol. The van der Waals surface area contributed by atoms with Crippen molar-refractivity contribution in [2.75, 3.05) is 0 Å². The molecule has 2 aromatic carbocycles. The normalized spacial score (nSPS) is 10.5. The van der Waals surface area contributed by atoms with Crippen molar-refractivity contribution in [3.63, 3.8) is 0 Å². The van der Waals surface area contributed by atoms with Gasteiger partial charge in [0.15, 0.2) is 0 Å². The molecule has 0 aliphatic carbocycles. The maximum absolute atomic E-state index is 12.3. The van der Waals surface area contributed by atoms with Crippen LogP contribution in [0.2, 0.25) is 5.02 Å². The molecule has 0 aliphatic rings. The molecule has 0 saturated heterocycles. The number of hydrogen-bond acceptors (Lipinski definition) is 3. The Balaban J connectivity index is 1.79. The number of rotatable bonds is 4. The molecule has 0 spiro atoms. The van der Waals surface area contributed by atoms with Gasteiger partial charge in [0.05, 0.1) is 22.6 Å². The second-order valence-corrected chi connectivity index (χ2v) is 5.48. The van der Waals surface area contributed by atoms with Crippen molar-refractivity contribution in [2.45, 2.75) is 13.5 Å². The first kappa shape index (κ1) is 15.3. The average Bonchev–Trinajstić information content (AvgIpc) is 2.95. The summed E-state index contributed by atoms with van der Waals surface area (Å²) in [6.07, 6.45) is 1.51.